The van der Waals surface area contributed by atoms with E-state index in [1.807, 2.05) is 19.9 Å². The third-order valence-electron chi connectivity index (χ3n) is 2.76. The lowest BCUT2D eigenvalue weighted by atomic mass is 10.2. The molecule has 112 valence electrons. The van der Waals surface area contributed by atoms with E-state index in [-0.39, 0.29) is 4.90 Å². The van der Waals surface area contributed by atoms with E-state index in [0.29, 0.717) is 24.0 Å². The second kappa shape index (κ2) is 6.63. The van der Waals surface area contributed by atoms with Gasteiger partial charge in [0.15, 0.2) is 0 Å². The third-order valence-corrected chi connectivity index (χ3v) is 4.14. The number of nitrogens with one attached hydrogen (secondary N) is 1. The summed E-state index contributed by atoms with van der Waals surface area (Å²) in [5.41, 5.74) is 0.446. The molecule has 0 atom stereocenters. The first-order valence-corrected chi connectivity index (χ1v) is 8.27. The quantitative estimate of drug-likeness (QED) is 0.888. The van der Waals surface area contributed by atoms with Crippen LogP contribution in [0.2, 0.25) is 0 Å². The van der Waals surface area contributed by atoms with Gasteiger partial charge in [0.25, 0.3) is 10.0 Å². The highest BCUT2D eigenvalue weighted by Gasteiger charge is 2.15. The van der Waals surface area contributed by atoms with Crippen molar-refractivity contribution in [3.8, 4) is 5.75 Å². The number of benzene rings is 2. The number of hydrogen-bond donors (Lipinski definition) is 1. The molecule has 0 spiro atoms. The molecular weight excluding hydrogens is 286 g/mol. The minimum absolute atomic E-state index is 0.226. The van der Waals surface area contributed by atoms with Crippen LogP contribution in [0.15, 0.2) is 59.5 Å². The summed E-state index contributed by atoms with van der Waals surface area (Å²) in [4.78, 5) is 0.226. The van der Waals surface area contributed by atoms with Gasteiger partial charge < -0.3 is 4.74 Å². The van der Waals surface area contributed by atoms with Gasteiger partial charge in [-0.3, -0.25) is 4.72 Å². The Labute approximate surface area is 125 Å². The monoisotopic (exact) mass is 305 g/mol. The second-order valence-electron chi connectivity index (χ2n) is 5.12. The standard InChI is InChI=1S/C16H19NO3S/c1-13(2)12-20-16-11-7-6-10-15(16)17-21(18,19)14-8-4-3-5-9-14/h3-11,13,17H,12H2,1-2H3. The Morgan fingerprint density at radius 1 is 1.00 bits per heavy atom. The Morgan fingerprint density at radius 2 is 1.62 bits per heavy atom. The van der Waals surface area contributed by atoms with E-state index in [4.69, 9.17) is 4.74 Å². The molecule has 0 aliphatic carbocycles. The van der Waals surface area contributed by atoms with Crippen molar-refractivity contribution in [1.29, 1.82) is 0 Å². The van der Waals surface area contributed by atoms with Gasteiger partial charge in [-0.2, -0.15) is 0 Å². The van der Waals surface area contributed by atoms with Gasteiger partial charge in [0.1, 0.15) is 5.75 Å². The Balaban J connectivity index is 2.23. The fourth-order valence-electron chi connectivity index (χ4n) is 1.74. The normalized spacial score (nSPS) is 11.4. The molecule has 0 radical (unpaired) electrons. The molecule has 1 N–H and O–H groups in total. The first-order valence-electron chi connectivity index (χ1n) is 6.79. The fourth-order valence-corrected chi connectivity index (χ4v) is 2.83. The van der Waals surface area contributed by atoms with E-state index >= 15 is 0 Å². The van der Waals surface area contributed by atoms with Crippen LogP contribution in [0.5, 0.6) is 5.75 Å². The number of hydrogen-bond acceptors (Lipinski definition) is 3. The summed E-state index contributed by atoms with van der Waals surface area (Å²) in [7, 11) is -3.60. The molecular formula is C16H19NO3S. The molecule has 0 bridgehead atoms. The molecule has 0 saturated heterocycles. The molecule has 21 heavy (non-hydrogen) atoms. The van der Waals surface area contributed by atoms with E-state index in [1.165, 1.54) is 0 Å². The number of sulfonamides is 1. The maximum absolute atomic E-state index is 12.3. The van der Waals surface area contributed by atoms with E-state index in [2.05, 4.69) is 4.72 Å². The van der Waals surface area contributed by atoms with Gasteiger partial charge in [0.05, 0.1) is 17.2 Å². The van der Waals surface area contributed by atoms with Crippen LogP contribution >= 0.6 is 0 Å². The van der Waals surface area contributed by atoms with Crippen molar-refractivity contribution in [1.82, 2.24) is 0 Å². The fraction of sp³-hybridized carbons (Fsp3) is 0.250. The topological polar surface area (TPSA) is 55.4 Å². The van der Waals surface area contributed by atoms with Gasteiger partial charge in [-0.05, 0) is 30.2 Å². The highest BCUT2D eigenvalue weighted by atomic mass is 32.2. The summed E-state index contributed by atoms with van der Waals surface area (Å²) in [6.07, 6.45) is 0. The zero-order valence-corrected chi connectivity index (χ0v) is 12.9. The minimum Gasteiger partial charge on any atom is -0.491 e. The summed E-state index contributed by atoms with van der Waals surface area (Å²) >= 11 is 0. The van der Waals surface area contributed by atoms with E-state index in [9.17, 15) is 8.42 Å². The van der Waals surface area contributed by atoms with Gasteiger partial charge in [-0.15, -0.1) is 0 Å². The van der Waals surface area contributed by atoms with Gasteiger partial charge in [-0.25, -0.2) is 8.42 Å². The highest BCUT2D eigenvalue weighted by molar-refractivity contribution is 7.92. The molecule has 2 rings (SSSR count). The first kappa shape index (κ1) is 15.4. The first-order chi connectivity index (χ1) is 9.99. The zero-order valence-electron chi connectivity index (χ0n) is 12.1. The molecule has 4 nitrogen and oxygen atoms in total. The van der Waals surface area contributed by atoms with E-state index in [0.717, 1.165) is 0 Å². The maximum atomic E-state index is 12.3. The van der Waals surface area contributed by atoms with Crippen molar-refractivity contribution in [2.24, 2.45) is 5.92 Å². The summed E-state index contributed by atoms with van der Waals surface area (Å²) < 4.78 is 32.9. The lowest BCUT2D eigenvalue weighted by molar-refractivity contribution is 0.272. The van der Waals surface area contributed by atoms with Crippen molar-refractivity contribution in [3.05, 3.63) is 54.6 Å². The largest absolute Gasteiger partial charge is 0.491 e. The minimum atomic E-state index is -3.60. The van der Waals surface area contributed by atoms with Crippen LogP contribution in [0.1, 0.15) is 13.8 Å². The number of para-hydroxylation sites is 2. The van der Waals surface area contributed by atoms with Crippen LogP contribution in [0.25, 0.3) is 0 Å². The molecule has 0 saturated carbocycles. The average molecular weight is 305 g/mol. The Kier molecular flexibility index (Phi) is 4.85. The molecule has 0 fully saturated rings. The van der Waals surface area contributed by atoms with Gasteiger partial charge in [0, 0.05) is 0 Å². The molecule has 2 aromatic rings. The van der Waals surface area contributed by atoms with Crippen molar-refractivity contribution in [2.75, 3.05) is 11.3 Å². The highest BCUT2D eigenvalue weighted by Crippen LogP contribution is 2.26. The second-order valence-corrected chi connectivity index (χ2v) is 6.80. The van der Waals surface area contributed by atoms with Crippen LogP contribution in [-0.2, 0) is 10.0 Å². The summed E-state index contributed by atoms with van der Waals surface area (Å²) in [5, 5.41) is 0. The summed E-state index contributed by atoms with van der Waals surface area (Å²) in [6, 6.07) is 15.3. The number of ether oxygens (including phenoxy) is 1. The molecule has 0 unspecified atom stereocenters. The SMILES string of the molecule is CC(C)COc1ccccc1NS(=O)(=O)c1ccccc1. The number of rotatable bonds is 6. The number of anilines is 1. The average Bonchev–Trinajstić information content (AvgIpc) is 2.47. The van der Waals surface area contributed by atoms with Crippen LogP contribution < -0.4 is 9.46 Å². The predicted octanol–water partition coefficient (Wildman–Crippen LogP) is 3.52. The third kappa shape index (κ3) is 4.23. The van der Waals surface area contributed by atoms with Gasteiger partial charge in [0.2, 0.25) is 0 Å². The zero-order chi connectivity index (χ0) is 15.3. The maximum Gasteiger partial charge on any atom is 0.262 e. The van der Waals surface area contributed by atoms with Crippen LogP contribution in [-0.4, -0.2) is 15.0 Å². The van der Waals surface area contributed by atoms with Crippen molar-refractivity contribution < 1.29 is 13.2 Å². The summed E-state index contributed by atoms with van der Waals surface area (Å²) in [6.45, 7) is 4.61. The van der Waals surface area contributed by atoms with Crippen LogP contribution in [0, 0.1) is 5.92 Å². The molecule has 5 heteroatoms. The molecule has 0 amide bonds. The van der Waals surface area contributed by atoms with Crippen molar-refractivity contribution >= 4 is 15.7 Å². The smallest absolute Gasteiger partial charge is 0.262 e. The molecule has 0 aromatic heterocycles. The van der Waals surface area contributed by atoms with E-state index < -0.39 is 10.0 Å². The molecule has 0 heterocycles. The predicted molar refractivity (Wildman–Crippen MR) is 84.0 cm³/mol. The van der Waals surface area contributed by atoms with E-state index in [1.54, 1.807) is 48.5 Å². The van der Waals surface area contributed by atoms with Crippen molar-refractivity contribution in [3.63, 3.8) is 0 Å². The Bertz CT molecular complexity index is 682. The Morgan fingerprint density at radius 3 is 2.29 bits per heavy atom. The van der Waals surface area contributed by atoms with Crippen LogP contribution in [0.3, 0.4) is 0 Å². The molecule has 2 aromatic carbocycles. The Hall–Kier alpha value is -2.01. The molecule has 0 aliphatic rings. The van der Waals surface area contributed by atoms with Crippen molar-refractivity contribution in [2.45, 2.75) is 18.7 Å². The molecule has 0 aliphatic heterocycles. The summed E-state index contributed by atoms with van der Waals surface area (Å²) in [5.74, 6) is 0.898. The van der Waals surface area contributed by atoms with Crippen LogP contribution in [0.4, 0.5) is 5.69 Å². The van der Waals surface area contributed by atoms with Gasteiger partial charge in [-0.1, -0.05) is 44.2 Å². The lowest BCUT2D eigenvalue weighted by Gasteiger charge is -2.14. The lowest BCUT2D eigenvalue weighted by Crippen LogP contribution is -2.14. The van der Waals surface area contributed by atoms with Gasteiger partial charge >= 0.3 is 0 Å².